The molecule has 6 heteroatoms. The number of amides is 2. The van der Waals surface area contributed by atoms with Crippen molar-refractivity contribution in [3.8, 4) is 0 Å². The standard InChI is InChI=1S/C14H19BrN2O3/c1-2-4-13(18)16-7-3-8-17(10-9-16)14(19)11-5-6-12(15)20-11/h5-6H,2-4,7-10H2,1H3. The third-order valence-corrected chi connectivity index (χ3v) is 3.81. The third kappa shape index (κ3) is 3.62. The molecule has 0 N–H and O–H groups in total. The Hall–Kier alpha value is -1.30. The maximum absolute atomic E-state index is 12.3. The van der Waals surface area contributed by atoms with Crippen molar-refractivity contribution in [1.29, 1.82) is 0 Å². The summed E-state index contributed by atoms with van der Waals surface area (Å²) in [6, 6.07) is 3.37. The van der Waals surface area contributed by atoms with Gasteiger partial charge in [-0.15, -0.1) is 0 Å². The van der Waals surface area contributed by atoms with Crippen molar-refractivity contribution in [2.45, 2.75) is 26.2 Å². The van der Waals surface area contributed by atoms with Gasteiger partial charge in [0.2, 0.25) is 5.91 Å². The van der Waals surface area contributed by atoms with Crippen molar-refractivity contribution in [2.75, 3.05) is 26.2 Å². The first-order valence-corrected chi connectivity index (χ1v) is 7.73. The zero-order valence-corrected chi connectivity index (χ0v) is 13.2. The van der Waals surface area contributed by atoms with Gasteiger partial charge in [0.15, 0.2) is 10.4 Å². The van der Waals surface area contributed by atoms with Crippen LogP contribution >= 0.6 is 15.9 Å². The number of hydrogen-bond acceptors (Lipinski definition) is 3. The largest absolute Gasteiger partial charge is 0.444 e. The Labute approximate surface area is 127 Å². The first-order valence-electron chi connectivity index (χ1n) is 6.94. The van der Waals surface area contributed by atoms with Crippen molar-refractivity contribution in [1.82, 2.24) is 9.80 Å². The molecule has 1 aliphatic rings. The van der Waals surface area contributed by atoms with Crippen LogP contribution in [0.1, 0.15) is 36.7 Å². The molecule has 2 heterocycles. The number of furan rings is 1. The first kappa shape index (κ1) is 15.1. The molecule has 2 rings (SSSR count). The molecule has 1 saturated heterocycles. The summed E-state index contributed by atoms with van der Waals surface area (Å²) >= 11 is 3.20. The Morgan fingerprint density at radius 3 is 2.55 bits per heavy atom. The molecule has 2 amide bonds. The van der Waals surface area contributed by atoms with Gasteiger partial charge in [-0.05, 0) is 40.9 Å². The minimum atomic E-state index is -0.111. The van der Waals surface area contributed by atoms with E-state index >= 15 is 0 Å². The first-order chi connectivity index (χ1) is 9.61. The number of carbonyl (C=O) groups is 2. The summed E-state index contributed by atoms with van der Waals surface area (Å²) in [5.74, 6) is 0.410. The van der Waals surface area contributed by atoms with Crippen molar-refractivity contribution < 1.29 is 14.0 Å². The fraction of sp³-hybridized carbons (Fsp3) is 0.571. The molecule has 1 aromatic heterocycles. The molecule has 1 aromatic rings. The van der Waals surface area contributed by atoms with Gasteiger partial charge in [0.25, 0.3) is 5.91 Å². The van der Waals surface area contributed by atoms with Gasteiger partial charge in [0.05, 0.1) is 0 Å². The van der Waals surface area contributed by atoms with Gasteiger partial charge in [0.1, 0.15) is 0 Å². The second kappa shape index (κ2) is 6.92. The zero-order valence-electron chi connectivity index (χ0n) is 11.6. The van der Waals surface area contributed by atoms with Crippen LogP contribution in [0.4, 0.5) is 0 Å². The van der Waals surface area contributed by atoms with Gasteiger partial charge in [-0.2, -0.15) is 0 Å². The monoisotopic (exact) mass is 342 g/mol. The predicted octanol–water partition coefficient (Wildman–Crippen LogP) is 2.52. The fourth-order valence-electron chi connectivity index (χ4n) is 2.33. The Balaban J connectivity index is 1.95. The Kier molecular flexibility index (Phi) is 5.23. The number of hydrogen-bond donors (Lipinski definition) is 0. The highest BCUT2D eigenvalue weighted by molar-refractivity contribution is 9.10. The number of halogens is 1. The maximum atomic E-state index is 12.3. The molecular formula is C14H19BrN2O3. The lowest BCUT2D eigenvalue weighted by Gasteiger charge is -2.21. The van der Waals surface area contributed by atoms with E-state index in [2.05, 4.69) is 15.9 Å². The van der Waals surface area contributed by atoms with Gasteiger partial charge in [-0.1, -0.05) is 6.92 Å². The smallest absolute Gasteiger partial charge is 0.289 e. The van der Waals surface area contributed by atoms with Crippen LogP contribution in [0, 0.1) is 0 Å². The Bertz CT molecular complexity index is 487. The molecule has 0 unspecified atom stereocenters. The molecule has 0 atom stereocenters. The second-order valence-corrected chi connectivity index (χ2v) is 5.66. The molecule has 20 heavy (non-hydrogen) atoms. The van der Waals surface area contributed by atoms with E-state index < -0.39 is 0 Å². The van der Waals surface area contributed by atoms with E-state index in [1.165, 1.54) is 0 Å². The van der Waals surface area contributed by atoms with Gasteiger partial charge in [0, 0.05) is 32.6 Å². The van der Waals surface area contributed by atoms with Gasteiger partial charge < -0.3 is 14.2 Å². The predicted molar refractivity (Wildman–Crippen MR) is 78.4 cm³/mol. The summed E-state index contributed by atoms with van der Waals surface area (Å²) < 4.78 is 5.85. The molecular weight excluding hydrogens is 324 g/mol. The summed E-state index contributed by atoms with van der Waals surface area (Å²) in [5, 5.41) is 0. The van der Waals surface area contributed by atoms with Crippen molar-refractivity contribution in [2.24, 2.45) is 0 Å². The Morgan fingerprint density at radius 1 is 1.20 bits per heavy atom. The van der Waals surface area contributed by atoms with Crippen LogP contribution < -0.4 is 0 Å². The van der Waals surface area contributed by atoms with Gasteiger partial charge >= 0.3 is 0 Å². The average Bonchev–Trinajstić information content (AvgIpc) is 2.72. The fourth-order valence-corrected chi connectivity index (χ4v) is 2.63. The van der Waals surface area contributed by atoms with Gasteiger partial charge in [-0.3, -0.25) is 9.59 Å². The summed E-state index contributed by atoms with van der Waals surface area (Å²) in [4.78, 5) is 27.8. The highest BCUT2D eigenvalue weighted by Crippen LogP contribution is 2.17. The van der Waals surface area contributed by atoms with Crippen LogP contribution in [0.15, 0.2) is 21.2 Å². The van der Waals surface area contributed by atoms with Crippen molar-refractivity contribution in [3.63, 3.8) is 0 Å². The van der Waals surface area contributed by atoms with Crippen LogP contribution in [0.25, 0.3) is 0 Å². The zero-order chi connectivity index (χ0) is 14.5. The summed E-state index contributed by atoms with van der Waals surface area (Å²) in [6.45, 7) is 4.55. The highest BCUT2D eigenvalue weighted by Gasteiger charge is 2.24. The minimum Gasteiger partial charge on any atom is -0.444 e. The van der Waals surface area contributed by atoms with E-state index in [-0.39, 0.29) is 11.8 Å². The normalized spacial score (nSPS) is 16.1. The van der Waals surface area contributed by atoms with E-state index in [1.54, 1.807) is 17.0 Å². The molecule has 5 nitrogen and oxygen atoms in total. The minimum absolute atomic E-state index is 0.111. The molecule has 110 valence electrons. The number of nitrogens with zero attached hydrogens (tertiary/aromatic N) is 2. The molecule has 0 spiro atoms. The van der Waals surface area contributed by atoms with Crippen LogP contribution in [-0.4, -0.2) is 47.8 Å². The van der Waals surface area contributed by atoms with E-state index in [9.17, 15) is 9.59 Å². The van der Waals surface area contributed by atoms with Crippen molar-refractivity contribution >= 4 is 27.7 Å². The van der Waals surface area contributed by atoms with Crippen LogP contribution in [0.3, 0.4) is 0 Å². The number of rotatable bonds is 3. The lowest BCUT2D eigenvalue weighted by atomic mass is 10.3. The van der Waals surface area contributed by atoms with Crippen LogP contribution in [0.2, 0.25) is 0 Å². The topological polar surface area (TPSA) is 53.8 Å². The van der Waals surface area contributed by atoms with E-state index in [1.807, 2.05) is 11.8 Å². The lowest BCUT2D eigenvalue weighted by Crippen LogP contribution is -2.37. The SMILES string of the molecule is CCCC(=O)N1CCCN(C(=O)c2ccc(Br)o2)CC1. The molecule has 1 fully saturated rings. The van der Waals surface area contributed by atoms with E-state index in [4.69, 9.17) is 4.42 Å². The molecule has 1 aliphatic heterocycles. The molecule has 0 bridgehead atoms. The molecule has 0 saturated carbocycles. The van der Waals surface area contributed by atoms with E-state index in [0.29, 0.717) is 36.5 Å². The van der Waals surface area contributed by atoms with Crippen LogP contribution in [-0.2, 0) is 4.79 Å². The second-order valence-electron chi connectivity index (χ2n) is 4.88. The summed E-state index contributed by atoms with van der Waals surface area (Å²) in [6.07, 6.45) is 2.25. The lowest BCUT2D eigenvalue weighted by molar-refractivity contribution is -0.131. The van der Waals surface area contributed by atoms with Crippen LogP contribution in [0.5, 0.6) is 0 Å². The average molecular weight is 343 g/mol. The Morgan fingerprint density at radius 2 is 1.90 bits per heavy atom. The summed E-state index contributed by atoms with van der Waals surface area (Å²) in [5.41, 5.74) is 0. The number of carbonyl (C=O) groups excluding carboxylic acids is 2. The maximum Gasteiger partial charge on any atom is 0.289 e. The van der Waals surface area contributed by atoms with Crippen molar-refractivity contribution in [3.05, 3.63) is 22.6 Å². The highest BCUT2D eigenvalue weighted by atomic mass is 79.9. The molecule has 0 radical (unpaired) electrons. The molecule has 0 aliphatic carbocycles. The quantitative estimate of drug-likeness (QED) is 0.847. The third-order valence-electron chi connectivity index (χ3n) is 3.38. The van der Waals surface area contributed by atoms with Gasteiger partial charge in [-0.25, -0.2) is 0 Å². The van der Waals surface area contributed by atoms with E-state index in [0.717, 1.165) is 19.4 Å². The summed E-state index contributed by atoms with van der Waals surface area (Å²) in [7, 11) is 0. The molecule has 0 aromatic carbocycles.